The molecule has 0 radical (unpaired) electrons. The van der Waals surface area contributed by atoms with Gasteiger partial charge in [0.05, 0.1) is 16.2 Å². The predicted molar refractivity (Wildman–Crippen MR) is 116 cm³/mol. The van der Waals surface area contributed by atoms with Gasteiger partial charge in [-0.1, -0.05) is 42.0 Å². The zero-order chi connectivity index (χ0) is 21.7. The second-order valence-electron chi connectivity index (χ2n) is 6.65. The van der Waals surface area contributed by atoms with Crippen LogP contribution in [0.2, 0.25) is 0 Å². The fourth-order valence-electron chi connectivity index (χ4n) is 2.64. The van der Waals surface area contributed by atoms with E-state index in [-0.39, 0.29) is 16.2 Å². The van der Waals surface area contributed by atoms with Crippen molar-refractivity contribution in [1.82, 2.24) is 5.43 Å². The maximum atomic E-state index is 12.5. The zero-order valence-electron chi connectivity index (χ0n) is 16.5. The molecule has 0 aliphatic carbocycles. The number of rotatable bonds is 6. The van der Waals surface area contributed by atoms with E-state index in [0.717, 1.165) is 5.56 Å². The molecule has 3 N–H and O–H groups in total. The molecule has 30 heavy (non-hydrogen) atoms. The van der Waals surface area contributed by atoms with Gasteiger partial charge in [-0.3, -0.25) is 9.52 Å². The van der Waals surface area contributed by atoms with Crippen LogP contribution in [0.15, 0.2) is 82.8 Å². The Morgan fingerprint density at radius 2 is 1.57 bits per heavy atom. The number of phenols is 1. The number of para-hydroxylation sites is 1. The van der Waals surface area contributed by atoms with E-state index in [4.69, 9.17) is 0 Å². The van der Waals surface area contributed by atoms with Crippen molar-refractivity contribution in [3.8, 4) is 5.75 Å². The van der Waals surface area contributed by atoms with E-state index >= 15 is 0 Å². The van der Waals surface area contributed by atoms with Gasteiger partial charge in [0.25, 0.3) is 15.9 Å². The highest BCUT2D eigenvalue weighted by atomic mass is 32.2. The van der Waals surface area contributed by atoms with Gasteiger partial charge in [0, 0.05) is 5.69 Å². The molecule has 1 amide bonds. The predicted octanol–water partition coefficient (Wildman–Crippen LogP) is 3.66. The van der Waals surface area contributed by atoms with Gasteiger partial charge in [0.1, 0.15) is 5.75 Å². The van der Waals surface area contributed by atoms with Crippen LogP contribution in [0.3, 0.4) is 0 Å². The van der Waals surface area contributed by atoms with E-state index in [9.17, 15) is 18.3 Å². The van der Waals surface area contributed by atoms with Gasteiger partial charge in [0.2, 0.25) is 0 Å². The zero-order valence-corrected chi connectivity index (χ0v) is 17.3. The van der Waals surface area contributed by atoms with Crippen LogP contribution in [0.25, 0.3) is 0 Å². The number of nitrogens with one attached hydrogen (secondary N) is 2. The summed E-state index contributed by atoms with van der Waals surface area (Å²) in [7, 11) is -3.68. The molecular weight excluding hydrogens is 402 g/mol. The Morgan fingerprint density at radius 3 is 2.20 bits per heavy atom. The molecule has 0 spiro atoms. The molecule has 0 aliphatic heterocycles. The van der Waals surface area contributed by atoms with Crippen LogP contribution in [0.1, 0.15) is 28.4 Å². The van der Waals surface area contributed by atoms with Crippen molar-refractivity contribution in [2.45, 2.75) is 18.7 Å². The number of anilines is 1. The van der Waals surface area contributed by atoms with Crippen molar-refractivity contribution >= 4 is 27.3 Å². The minimum atomic E-state index is -3.68. The Labute approximate surface area is 175 Å². The first-order valence-electron chi connectivity index (χ1n) is 9.09. The van der Waals surface area contributed by atoms with Crippen molar-refractivity contribution in [2.75, 3.05) is 4.72 Å². The van der Waals surface area contributed by atoms with E-state index in [2.05, 4.69) is 15.2 Å². The summed E-state index contributed by atoms with van der Waals surface area (Å²) in [6, 6.07) is 19.4. The van der Waals surface area contributed by atoms with Crippen LogP contribution < -0.4 is 10.1 Å². The lowest BCUT2D eigenvalue weighted by Gasteiger charge is -2.09. The second-order valence-corrected chi connectivity index (χ2v) is 8.33. The number of aromatic hydroxyl groups is 1. The van der Waals surface area contributed by atoms with Crippen molar-refractivity contribution in [2.24, 2.45) is 5.10 Å². The van der Waals surface area contributed by atoms with Gasteiger partial charge in [-0.05, 0) is 55.8 Å². The first-order chi connectivity index (χ1) is 14.3. The molecule has 0 heterocycles. The molecule has 8 heteroatoms. The van der Waals surface area contributed by atoms with Gasteiger partial charge >= 0.3 is 0 Å². The third-order valence-electron chi connectivity index (χ3n) is 4.36. The molecular formula is C22H21N3O4S. The normalized spacial score (nSPS) is 11.7. The quantitative estimate of drug-likeness (QED) is 0.415. The number of aryl methyl sites for hydroxylation is 1. The van der Waals surface area contributed by atoms with Crippen LogP contribution in [0.4, 0.5) is 5.69 Å². The van der Waals surface area contributed by atoms with Gasteiger partial charge in [-0.2, -0.15) is 5.10 Å². The topological polar surface area (TPSA) is 108 Å². The summed E-state index contributed by atoms with van der Waals surface area (Å²) in [6.45, 7) is 3.59. The Kier molecular flexibility index (Phi) is 6.17. The Balaban J connectivity index is 1.69. The first-order valence-corrected chi connectivity index (χ1v) is 10.6. The van der Waals surface area contributed by atoms with Crippen molar-refractivity contribution in [1.29, 1.82) is 0 Å². The van der Waals surface area contributed by atoms with Crippen LogP contribution in [-0.4, -0.2) is 25.1 Å². The smallest absolute Gasteiger partial charge is 0.275 e. The fourth-order valence-corrected chi connectivity index (χ4v) is 3.69. The van der Waals surface area contributed by atoms with E-state index in [0.29, 0.717) is 17.0 Å². The van der Waals surface area contributed by atoms with E-state index in [1.807, 2.05) is 6.92 Å². The fraction of sp³-hybridized carbons (Fsp3) is 0.0909. The number of carbonyl (C=O) groups is 1. The standard InChI is InChI=1S/C22H21N3O4S/c1-15-7-13-19(14-8-15)30(28,29)25-18-11-9-17(10-12-18)16(2)23-24-22(27)20-5-3-4-6-21(20)26/h3-14,25-26H,1-2H3,(H,24,27)/b23-16+. The molecule has 3 aromatic rings. The molecule has 0 saturated heterocycles. The average Bonchev–Trinajstić information content (AvgIpc) is 2.72. The summed E-state index contributed by atoms with van der Waals surface area (Å²) in [6.07, 6.45) is 0. The second kappa shape index (κ2) is 8.79. The maximum Gasteiger partial charge on any atom is 0.275 e. The number of benzene rings is 3. The Bertz CT molecular complexity index is 1190. The van der Waals surface area contributed by atoms with Gasteiger partial charge in [-0.25, -0.2) is 13.8 Å². The highest BCUT2D eigenvalue weighted by molar-refractivity contribution is 7.92. The molecule has 0 bridgehead atoms. The van der Waals surface area contributed by atoms with Gasteiger partial charge < -0.3 is 5.11 Å². The molecule has 7 nitrogen and oxygen atoms in total. The van der Waals surface area contributed by atoms with Crippen LogP contribution in [0, 0.1) is 6.92 Å². The minimum absolute atomic E-state index is 0.120. The number of hydrazone groups is 1. The van der Waals surface area contributed by atoms with Crippen LogP contribution in [0.5, 0.6) is 5.75 Å². The van der Waals surface area contributed by atoms with E-state index < -0.39 is 15.9 Å². The number of nitrogens with zero attached hydrogens (tertiary/aromatic N) is 1. The molecule has 3 rings (SSSR count). The Hall–Kier alpha value is -3.65. The lowest BCUT2D eigenvalue weighted by Crippen LogP contribution is -2.19. The highest BCUT2D eigenvalue weighted by Crippen LogP contribution is 2.18. The minimum Gasteiger partial charge on any atom is -0.507 e. The number of amides is 1. The Morgan fingerprint density at radius 1 is 0.933 bits per heavy atom. The summed E-state index contributed by atoms with van der Waals surface area (Å²) in [5.41, 5.74) is 5.12. The molecule has 3 aromatic carbocycles. The maximum absolute atomic E-state index is 12.5. The molecule has 0 aliphatic rings. The van der Waals surface area contributed by atoms with Crippen LogP contribution in [-0.2, 0) is 10.0 Å². The summed E-state index contributed by atoms with van der Waals surface area (Å²) in [5.74, 6) is -0.664. The first kappa shape index (κ1) is 21.1. The molecule has 0 aromatic heterocycles. The molecule has 0 saturated carbocycles. The number of phenolic OH excluding ortho intramolecular Hbond substituents is 1. The van der Waals surface area contributed by atoms with Crippen molar-refractivity contribution in [3.05, 3.63) is 89.5 Å². The summed E-state index contributed by atoms with van der Waals surface area (Å²) in [4.78, 5) is 12.3. The van der Waals surface area contributed by atoms with Gasteiger partial charge in [-0.15, -0.1) is 0 Å². The molecule has 0 fully saturated rings. The van der Waals surface area contributed by atoms with Gasteiger partial charge in [0.15, 0.2) is 0 Å². The summed E-state index contributed by atoms with van der Waals surface area (Å²) < 4.78 is 27.5. The molecule has 0 unspecified atom stereocenters. The molecule has 154 valence electrons. The third kappa shape index (κ3) is 5.03. The lowest BCUT2D eigenvalue weighted by atomic mass is 10.1. The third-order valence-corrected chi connectivity index (χ3v) is 5.76. The van der Waals surface area contributed by atoms with Crippen LogP contribution >= 0.6 is 0 Å². The highest BCUT2D eigenvalue weighted by Gasteiger charge is 2.14. The summed E-state index contributed by atoms with van der Waals surface area (Å²) >= 11 is 0. The number of carbonyl (C=O) groups excluding carboxylic acids is 1. The van der Waals surface area contributed by atoms with Crippen molar-refractivity contribution in [3.63, 3.8) is 0 Å². The van der Waals surface area contributed by atoms with E-state index in [1.54, 1.807) is 67.6 Å². The lowest BCUT2D eigenvalue weighted by molar-refractivity contribution is 0.0952. The monoisotopic (exact) mass is 423 g/mol. The van der Waals surface area contributed by atoms with E-state index in [1.165, 1.54) is 12.1 Å². The largest absolute Gasteiger partial charge is 0.507 e. The number of sulfonamides is 1. The molecule has 0 atom stereocenters. The van der Waals surface area contributed by atoms with Crippen molar-refractivity contribution < 1.29 is 18.3 Å². The number of hydrogen-bond acceptors (Lipinski definition) is 5. The SMILES string of the molecule is C/C(=N\NC(=O)c1ccccc1O)c1ccc(NS(=O)(=O)c2ccc(C)cc2)cc1. The number of hydrogen-bond donors (Lipinski definition) is 3. The summed E-state index contributed by atoms with van der Waals surface area (Å²) in [5, 5.41) is 13.8. The average molecular weight is 423 g/mol.